The van der Waals surface area contributed by atoms with E-state index in [0.29, 0.717) is 0 Å². The molecule has 2 aliphatic rings. The summed E-state index contributed by atoms with van der Waals surface area (Å²) in [5.74, 6) is 0. The maximum atomic E-state index is 6.10. The van der Waals surface area contributed by atoms with Gasteiger partial charge in [0.2, 0.25) is 0 Å². The zero-order valence-electron chi connectivity index (χ0n) is 11.6. The number of halogens is 1. The van der Waals surface area contributed by atoms with Gasteiger partial charge in [0.25, 0.3) is 0 Å². The van der Waals surface area contributed by atoms with Crippen molar-refractivity contribution in [2.75, 3.05) is 5.06 Å². The predicted molar refractivity (Wildman–Crippen MR) is 86.4 cm³/mol. The van der Waals surface area contributed by atoms with Gasteiger partial charge in [-0.1, -0.05) is 54.1 Å². The van der Waals surface area contributed by atoms with Crippen molar-refractivity contribution in [3.63, 3.8) is 0 Å². The second-order valence-electron chi connectivity index (χ2n) is 5.60. The number of hydrogen-bond acceptors (Lipinski definition) is 2. The van der Waals surface area contributed by atoms with Crippen molar-refractivity contribution < 1.29 is 4.84 Å². The molecule has 21 heavy (non-hydrogen) atoms. The number of anilines is 1. The van der Waals surface area contributed by atoms with Crippen molar-refractivity contribution in [1.29, 1.82) is 0 Å². The van der Waals surface area contributed by atoms with Gasteiger partial charge in [0.05, 0.1) is 17.8 Å². The van der Waals surface area contributed by atoms with E-state index < -0.39 is 0 Å². The molecule has 4 rings (SSSR count). The van der Waals surface area contributed by atoms with Crippen LogP contribution >= 0.6 is 11.6 Å². The summed E-state index contributed by atoms with van der Waals surface area (Å²) in [7, 11) is 0. The Labute approximate surface area is 129 Å². The highest BCUT2D eigenvalue weighted by atomic mass is 35.5. The topological polar surface area (TPSA) is 12.5 Å². The van der Waals surface area contributed by atoms with Crippen molar-refractivity contribution >= 4 is 23.4 Å². The van der Waals surface area contributed by atoms with Gasteiger partial charge in [0.15, 0.2) is 0 Å². The third-order valence-electron chi connectivity index (χ3n) is 4.11. The first kappa shape index (κ1) is 12.9. The lowest BCUT2D eigenvalue weighted by Gasteiger charge is -2.29. The molecule has 2 nitrogen and oxygen atoms in total. The van der Waals surface area contributed by atoms with Crippen LogP contribution in [-0.4, -0.2) is 12.1 Å². The van der Waals surface area contributed by atoms with Crippen LogP contribution in [0.3, 0.4) is 0 Å². The Morgan fingerprint density at radius 3 is 2.86 bits per heavy atom. The number of nitrogens with zero attached hydrogens (tertiary/aromatic N) is 1. The van der Waals surface area contributed by atoms with Gasteiger partial charge in [-0.15, -0.1) is 0 Å². The minimum absolute atomic E-state index is 0.265. The van der Waals surface area contributed by atoms with E-state index in [1.165, 1.54) is 11.1 Å². The first-order chi connectivity index (χ1) is 10.3. The van der Waals surface area contributed by atoms with Crippen molar-refractivity contribution in [2.45, 2.75) is 25.0 Å². The molecule has 0 amide bonds. The molecule has 1 fully saturated rings. The molecule has 0 spiro atoms. The number of hydrogen-bond donors (Lipinski definition) is 0. The van der Waals surface area contributed by atoms with Gasteiger partial charge in [-0.25, -0.2) is 5.06 Å². The SMILES string of the molecule is Clc1ccc2c(c1)C[C@@H]1C[C@@H](/C=C/c3ccccc3)N2O1. The molecule has 0 N–H and O–H groups in total. The first-order valence-electron chi connectivity index (χ1n) is 7.27. The molecule has 0 radical (unpaired) electrons. The van der Waals surface area contributed by atoms with Gasteiger partial charge in [0, 0.05) is 17.9 Å². The van der Waals surface area contributed by atoms with Crippen molar-refractivity contribution in [2.24, 2.45) is 0 Å². The average Bonchev–Trinajstić information content (AvgIpc) is 2.83. The number of hydroxylamine groups is 1. The van der Waals surface area contributed by atoms with Crippen LogP contribution in [-0.2, 0) is 11.3 Å². The van der Waals surface area contributed by atoms with Crippen molar-refractivity contribution in [1.82, 2.24) is 0 Å². The van der Waals surface area contributed by atoms with Crippen LogP contribution in [0.4, 0.5) is 5.69 Å². The van der Waals surface area contributed by atoms with Crippen LogP contribution in [0, 0.1) is 0 Å². The molecular formula is C18H16ClNO. The van der Waals surface area contributed by atoms with Crippen LogP contribution in [0.1, 0.15) is 17.5 Å². The van der Waals surface area contributed by atoms with E-state index in [1.807, 2.05) is 17.2 Å². The third kappa shape index (κ3) is 2.45. The summed E-state index contributed by atoms with van der Waals surface area (Å²) in [5.41, 5.74) is 3.65. The van der Waals surface area contributed by atoms with Gasteiger partial charge in [-0.05, 0) is 29.3 Å². The van der Waals surface area contributed by atoms with Crippen LogP contribution < -0.4 is 5.06 Å². The van der Waals surface area contributed by atoms with E-state index in [4.69, 9.17) is 16.4 Å². The quantitative estimate of drug-likeness (QED) is 0.810. The van der Waals surface area contributed by atoms with Gasteiger partial charge in [0.1, 0.15) is 0 Å². The lowest BCUT2D eigenvalue weighted by atomic mass is 10.0. The number of benzene rings is 2. The molecule has 2 aromatic carbocycles. The molecule has 2 atom stereocenters. The monoisotopic (exact) mass is 297 g/mol. The summed E-state index contributed by atoms with van der Waals surface area (Å²) >= 11 is 6.10. The molecule has 1 saturated heterocycles. The fourth-order valence-electron chi connectivity index (χ4n) is 3.12. The minimum atomic E-state index is 0.265. The Bertz CT molecular complexity index is 683. The largest absolute Gasteiger partial charge is 0.269 e. The third-order valence-corrected chi connectivity index (χ3v) is 4.34. The molecular weight excluding hydrogens is 282 g/mol. The minimum Gasteiger partial charge on any atom is -0.269 e. The lowest BCUT2D eigenvalue weighted by molar-refractivity contribution is 0.0753. The first-order valence-corrected chi connectivity index (χ1v) is 7.65. The van der Waals surface area contributed by atoms with Gasteiger partial charge < -0.3 is 0 Å². The van der Waals surface area contributed by atoms with Gasteiger partial charge in [-0.2, -0.15) is 0 Å². The number of fused-ring (bicyclic) bond motifs is 4. The molecule has 0 aromatic heterocycles. The summed E-state index contributed by atoms with van der Waals surface area (Å²) in [6, 6.07) is 16.7. The summed E-state index contributed by atoms with van der Waals surface area (Å²) in [6.45, 7) is 0. The Balaban J connectivity index is 1.61. The van der Waals surface area contributed by atoms with Crippen LogP contribution in [0.2, 0.25) is 5.02 Å². The Kier molecular flexibility index (Phi) is 3.21. The van der Waals surface area contributed by atoms with E-state index in [9.17, 15) is 0 Å². The highest BCUT2D eigenvalue weighted by Crippen LogP contribution is 2.39. The summed E-state index contributed by atoms with van der Waals surface area (Å²) < 4.78 is 0. The Hall–Kier alpha value is -1.77. The summed E-state index contributed by atoms with van der Waals surface area (Å²) in [5, 5.41) is 2.84. The molecule has 0 aliphatic carbocycles. The number of rotatable bonds is 2. The van der Waals surface area contributed by atoms with Crippen LogP contribution in [0.5, 0.6) is 0 Å². The Morgan fingerprint density at radius 1 is 1.14 bits per heavy atom. The van der Waals surface area contributed by atoms with E-state index in [0.717, 1.165) is 23.6 Å². The van der Waals surface area contributed by atoms with Gasteiger partial charge >= 0.3 is 0 Å². The molecule has 2 aliphatic heterocycles. The van der Waals surface area contributed by atoms with Crippen molar-refractivity contribution in [3.05, 3.63) is 70.8 Å². The molecule has 2 bridgehead atoms. The highest BCUT2D eigenvalue weighted by molar-refractivity contribution is 6.30. The molecule has 2 aromatic rings. The van der Waals surface area contributed by atoms with E-state index in [1.54, 1.807) is 0 Å². The Morgan fingerprint density at radius 2 is 2.00 bits per heavy atom. The molecule has 106 valence electrons. The van der Waals surface area contributed by atoms with Crippen molar-refractivity contribution in [3.8, 4) is 0 Å². The predicted octanol–water partition coefficient (Wildman–Crippen LogP) is 4.49. The maximum Gasteiger partial charge on any atom is 0.0921 e. The summed E-state index contributed by atoms with van der Waals surface area (Å²) in [6.07, 6.45) is 6.64. The summed E-state index contributed by atoms with van der Waals surface area (Å²) in [4.78, 5) is 6.00. The maximum absolute atomic E-state index is 6.10. The smallest absolute Gasteiger partial charge is 0.0921 e. The molecule has 0 unspecified atom stereocenters. The van der Waals surface area contributed by atoms with Crippen LogP contribution in [0.15, 0.2) is 54.6 Å². The second kappa shape index (κ2) is 5.21. The average molecular weight is 298 g/mol. The molecule has 3 heteroatoms. The van der Waals surface area contributed by atoms with E-state index >= 15 is 0 Å². The zero-order chi connectivity index (χ0) is 14.2. The molecule has 2 heterocycles. The fourth-order valence-corrected chi connectivity index (χ4v) is 3.32. The zero-order valence-corrected chi connectivity index (χ0v) is 12.3. The highest BCUT2D eigenvalue weighted by Gasteiger charge is 2.37. The van der Waals surface area contributed by atoms with E-state index in [-0.39, 0.29) is 12.1 Å². The fraction of sp³-hybridized carbons (Fsp3) is 0.222. The normalized spacial score (nSPS) is 23.6. The van der Waals surface area contributed by atoms with Crippen LogP contribution in [0.25, 0.3) is 6.08 Å². The standard InChI is InChI=1S/C18H16ClNO/c19-15-7-9-18-14(10-15)11-17-12-16(20(18)21-17)8-6-13-4-2-1-3-5-13/h1-10,16-17H,11-12H2/b8-6+/t16-,17-/m1/s1. The second-order valence-corrected chi connectivity index (χ2v) is 6.04. The molecule has 0 saturated carbocycles. The van der Waals surface area contributed by atoms with Gasteiger partial charge in [-0.3, -0.25) is 4.84 Å². The van der Waals surface area contributed by atoms with E-state index in [2.05, 4.69) is 48.6 Å². The lowest BCUT2D eigenvalue weighted by Crippen LogP contribution is -2.30.